The standard InChI is InChI=1S/C23H28N6O2.C18H19N5O4S/c1-16-13-17(18-14-20-22(19(15-24)25-18)26-27-28(20)3)5-6-21(16)31-12-4-9-29-10-7-23(2,30)8-11-29;1-12-9-13(5-6-17(12)26-7-4-8-27-28(3,24)25)14-10-16-18(15(11-19)20-14)21-22-23(16)2/h5-6,13-14,30H,4,7-12H2,1-3H3;5-6,9-10H,4,7-8H2,1-3H3. The van der Waals surface area contributed by atoms with Gasteiger partial charge in [-0.25, -0.2) is 19.3 Å². The molecular formula is C41H47N11O6S. The zero-order valence-corrected chi connectivity index (χ0v) is 34.8. The topological polar surface area (TPSA) is 220 Å². The van der Waals surface area contributed by atoms with Gasteiger partial charge in [-0.3, -0.25) is 4.18 Å². The highest BCUT2D eigenvalue weighted by molar-refractivity contribution is 7.85. The molecule has 18 heteroatoms. The Kier molecular flexibility index (Phi) is 13.2. The summed E-state index contributed by atoms with van der Waals surface area (Å²) >= 11 is 0. The van der Waals surface area contributed by atoms with Gasteiger partial charge in [-0.15, -0.1) is 10.2 Å². The van der Waals surface area contributed by atoms with Crippen molar-refractivity contribution in [3.63, 3.8) is 0 Å². The first-order chi connectivity index (χ1) is 28.1. The van der Waals surface area contributed by atoms with E-state index < -0.39 is 15.7 Å². The number of hydrogen-bond donors (Lipinski definition) is 1. The van der Waals surface area contributed by atoms with E-state index in [1.54, 1.807) is 23.5 Å². The van der Waals surface area contributed by atoms with Crippen LogP contribution in [0, 0.1) is 36.5 Å². The second-order valence-corrected chi connectivity index (χ2v) is 16.5. The average Bonchev–Trinajstić information content (AvgIpc) is 3.78. The molecule has 4 aromatic heterocycles. The molecule has 0 aliphatic carbocycles. The number of rotatable bonds is 13. The predicted octanol–water partition coefficient (Wildman–Crippen LogP) is 4.78. The van der Waals surface area contributed by atoms with E-state index in [0.717, 1.165) is 84.2 Å². The molecule has 2 aromatic carbocycles. The fraction of sp³-hybridized carbons (Fsp3) is 0.415. The number of benzene rings is 2. The molecule has 0 bridgehead atoms. The van der Waals surface area contributed by atoms with Crippen LogP contribution in [0.3, 0.4) is 0 Å². The molecule has 0 atom stereocenters. The van der Waals surface area contributed by atoms with Crippen LogP contribution < -0.4 is 9.47 Å². The van der Waals surface area contributed by atoms with E-state index in [1.807, 2.05) is 69.3 Å². The third-order valence-electron chi connectivity index (χ3n) is 10.0. The minimum atomic E-state index is -3.43. The SMILES string of the molecule is Cc1cc(-c2cc3c(nnn3C)c(C#N)n2)ccc1OCCCN1CCC(C)(O)CC1.Cc1cc(-c2cc3c(nnn3C)c(C#N)n2)ccc1OCCCOS(C)(=O)=O. The van der Waals surface area contributed by atoms with Crippen LogP contribution in [0.25, 0.3) is 44.6 Å². The maximum absolute atomic E-state index is 10.9. The molecular weight excluding hydrogens is 775 g/mol. The first kappa shape index (κ1) is 42.6. The van der Waals surface area contributed by atoms with Crippen LogP contribution in [0.2, 0.25) is 0 Å². The van der Waals surface area contributed by atoms with Gasteiger partial charge in [-0.1, -0.05) is 10.4 Å². The number of pyridine rings is 2. The lowest BCUT2D eigenvalue weighted by atomic mass is 9.94. The molecule has 1 N–H and O–H groups in total. The third kappa shape index (κ3) is 10.7. The molecule has 0 radical (unpaired) electrons. The Labute approximate surface area is 342 Å². The Morgan fingerprint density at radius 2 is 1.24 bits per heavy atom. The first-order valence-corrected chi connectivity index (χ1v) is 20.9. The Hall–Kier alpha value is -6.05. The van der Waals surface area contributed by atoms with E-state index in [2.05, 4.69) is 51.8 Å². The van der Waals surface area contributed by atoms with E-state index in [1.165, 1.54) is 0 Å². The lowest BCUT2D eigenvalue weighted by molar-refractivity contribution is -0.00604. The van der Waals surface area contributed by atoms with Crippen LogP contribution in [0.15, 0.2) is 48.5 Å². The number of aryl methyl sites for hydroxylation is 4. The van der Waals surface area contributed by atoms with E-state index in [0.29, 0.717) is 47.8 Å². The van der Waals surface area contributed by atoms with Crippen molar-refractivity contribution in [2.75, 3.05) is 45.7 Å². The van der Waals surface area contributed by atoms with Crippen molar-refractivity contribution in [3.05, 3.63) is 71.0 Å². The van der Waals surface area contributed by atoms with Gasteiger partial charge in [-0.2, -0.15) is 18.9 Å². The van der Waals surface area contributed by atoms with E-state index in [-0.39, 0.29) is 18.0 Å². The average molecular weight is 822 g/mol. The fourth-order valence-electron chi connectivity index (χ4n) is 6.63. The number of aromatic nitrogens is 8. The van der Waals surface area contributed by atoms with Gasteiger partial charge < -0.3 is 19.5 Å². The van der Waals surface area contributed by atoms with Crippen LogP contribution in [0.4, 0.5) is 0 Å². The molecule has 1 fully saturated rings. The Morgan fingerprint density at radius 3 is 1.68 bits per heavy atom. The van der Waals surface area contributed by atoms with Crippen LogP contribution in [0.1, 0.15) is 55.1 Å². The van der Waals surface area contributed by atoms with E-state index >= 15 is 0 Å². The van der Waals surface area contributed by atoms with Crippen LogP contribution in [-0.4, -0.2) is 110 Å². The van der Waals surface area contributed by atoms with Crippen molar-refractivity contribution in [2.45, 2.75) is 52.1 Å². The Morgan fingerprint density at radius 1 is 0.763 bits per heavy atom. The monoisotopic (exact) mass is 821 g/mol. The minimum Gasteiger partial charge on any atom is -0.493 e. The van der Waals surface area contributed by atoms with Gasteiger partial charge in [-0.05, 0) is 99.7 Å². The summed E-state index contributed by atoms with van der Waals surface area (Å²) in [7, 11) is 0.130. The second kappa shape index (κ2) is 18.3. The highest BCUT2D eigenvalue weighted by atomic mass is 32.2. The number of nitrogens with zero attached hydrogens (tertiary/aromatic N) is 11. The van der Waals surface area contributed by atoms with Gasteiger partial charge in [0.15, 0.2) is 11.4 Å². The molecule has 0 amide bonds. The lowest BCUT2D eigenvalue weighted by Crippen LogP contribution is -2.42. The van der Waals surface area contributed by atoms with E-state index in [9.17, 15) is 24.0 Å². The van der Waals surface area contributed by atoms with Crippen LogP contribution in [0.5, 0.6) is 11.5 Å². The summed E-state index contributed by atoms with van der Waals surface area (Å²) < 4.78 is 41.5. The summed E-state index contributed by atoms with van der Waals surface area (Å²) in [6.07, 6.45) is 4.07. The van der Waals surface area contributed by atoms with Crippen molar-refractivity contribution >= 4 is 32.2 Å². The summed E-state index contributed by atoms with van der Waals surface area (Å²) in [5.41, 5.74) is 7.52. The number of piperidine rings is 1. The fourth-order valence-corrected chi connectivity index (χ4v) is 7.05. The zero-order chi connectivity index (χ0) is 42.3. The van der Waals surface area contributed by atoms with Crippen molar-refractivity contribution in [2.24, 2.45) is 14.1 Å². The van der Waals surface area contributed by atoms with E-state index in [4.69, 9.17) is 9.47 Å². The van der Waals surface area contributed by atoms with Crippen LogP contribution >= 0.6 is 0 Å². The molecule has 17 nitrogen and oxygen atoms in total. The molecule has 308 valence electrons. The largest absolute Gasteiger partial charge is 0.493 e. The third-order valence-corrected chi connectivity index (χ3v) is 10.6. The lowest BCUT2D eigenvalue weighted by Gasteiger charge is -2.35. The molecule has 0 spiro atoms. The summed E-state index contributed by atoms with van der Waals surface area (Å²) in [6, 6.07) is 19.5. The van der Waals surface area contributed by atoms with Crippen molar-refractivity contribution in [1.82, 2.24) is 44.9 Å². The summed E-state index contributed by atoms with van der Waals surface area (Å²) in [6.45, 7) is 9.76. The molecule has 1 aliphatic rings. The molecule has 59 heavy (non-hydrogen) atoms. The van der Waals surface area contributed by atoms with Gasteiger partial charge in [0.25, 0.3) is 10.1 Å². The number of likely N-dealkylation sites (tertiary alicyclic amines) is 1. The number of ether oxygens (including phenoxy) is 2. The van der Waals surface area contributed by atoms with Crippen LogP contribution in [-0.2, 0) is 28.4 Å². The van der Waals surface area contributed by atoms with Gasteiger partial charge in [0.05, 0.1) is 54.1 Å². The second-order valence-electron chi connectivity index (χ2n) is 14.8. The van der Waals surface area contributed by atoms with Gasteiger partial charge in [0.1, 0.15) is 34.7 Å². The normalized spacial score (nSPS) is 14.1. The zero-order valence-electron chi connectivity index (χ0n) is 34.0. The number of hydrogen-bond acceptors (Lipinski definition) is 15. The number of fused-ring (bicyclic) bond motifs is 2. The smallest absolute Gasteiger partial charge is 0.264 e. The Balaban J connectivity index is 0.000000199. The first-order valence-electron chi connectivity index (χ1n) is 19.1. The highest BCUT2D eigenvalue weighted by Gasteiger charge is 2.27. The molecule has 5 heterocycles. The molecule has 0 unspecified atom stereocenters. The maximum atomic E-state index is 10.9. The summed E-state index contributed by atoms with van der Waals surface area (Å²) in [5.74, 6) is 1.54. The highest BCUT2D eigenvalue weighted by Crippen LogP contribution is 2.30. The minimum absolute atomic E-state index is 0.0789. The molecule has 6 aromatic rings. The van der Waals surface area contributed by atoms with Crippen molar-refractivity contribution < 1.29 is 27.2 Å². The Bertz CT molecular complexity index is 2650. The quantitative estimate of drug-likeness (QED) is 0.122. The molecule has 7 rings (SSSR count). The molecule has 0 saturated carbocycles. The number of nitriles is 2. The van der Waals surface area contributed by atoms with Gasteiger partial charge >= 0.3 is 0 Å². The summed E-state index contributed by atoms with van der Waals surface area (Å²) in [5, 5.41) is 44.8. The van der Waals surface area contributed by atoms with Gasteiger partial charge in [0, 0.05) is 51.3 Å². The molecule has 1 saturated heterocycles. The maximum Gasteiger partial charge on any atom is 0.264 e. The molecule has 1 aliphatic heterocycles. The van der Waals surface area contributed by atoms with Crippen molar-refractivity contribution in [1.29, 1.82) is 10.5 Å². The predicted molar refractivity (Wildman–Crippen MR) is 220 cm³/mol. The summed E-state index contributed by atoms with van der Waals surface area (Å²) in [4.78, 5) is 11.3. The van der Waals surface area contributed by atoms with Crippen molar-refractivity contribution in [3.8, 4) is 46.2 Å². The van der Waals surface area contributed by atoms with Gasteiger partial charge in [0.2, 0.25) is 0 Å². The number of aliphatic hydroxyl groups is 1.